The Morgan fingerprint density at radius 1 is 0.971 bits per heavy atom. The van der Waals surface area contributed by atoms with Gasteiger partial charge in [0.05, 0.1) is 24.4 Å². The van der Waals surface area contributed by atoms with E-state index in [9.17, 15) is 9.90 Å². The first kappa shape index (κ1) is 24.0. The largest absolute Gasteiger partial charge is 0.461 e. The van der Waals surface area contributed by atoms with Gasteiger partial charge in [0, 0.05) is 16.9 Å². The van der Waals surface area contributed by atoms with E-state index in [1.54, 1.807) is 12.1 Å². The maximum Gasteiger partial charge on any atom is 0.338 e. The molecule has 5 nitrogen and oxygen atoms in total. The van der Waals surface area contributed by atoms with Gasteiger partial charge >= 0.3 is 5.97 Å². The molecule has 1 heterocycles. The van der Waals surface area contributed by atoms with Crippen LogP contribution < -0.4 is 0 Å². The summed E-state index contributed by atoms with van der Waals surface area (Å²) in [4.78, 5) is 12.9. The third kappa shape index (κ3) is 5.14. The lowest BCUT2D eigenvalue weighted by Crippen LogP contribution is -2.31. The topological polar surface area (TPSA) is 65.0 Å². The van der Waals surface area contributed by atoms with Crippen molar-refractivity contribution in [2.45, 2.75) is 50.3 Å². The number of carbonyl (C=O) groups is 1. The number of benzene rings is 3. The first-order chi connectivity index (χ1) is 16.8. The Labute approximate surface area is 210 Å². The highest BCUT2D eigenvalue weighted by Gasteiger charge is 2.55. The first-order valence-electron chi connectivity index (χ1n) is 11.9. The van der Waals surface area contributed by atoms with Crippen molar-refractivity contribution >= 4 is 17.6 Å². The molecule has 0 aromatic heterocycles. The molecule has 0 bridgehead atoms. The molecule has 5 rings (SSSR count). The molecule has 1 aliphatic carbocycles. The Bertz CT molecular complexity index is 1160. The lowest BCUT2D eigenvalue weighted by molar-refractivity contribution is -0.168. The fourth-order valence-electron chi connectivity index (χ4n) is 5.24. The second kappa shape index (κ2) is 9.75. The van der Waals surface area contributed by atoms with Crippen molar-refractivity contribution in [1.29, 1.82) is 0 Å². The van der Waals surface area contributed by atoms with Gasteiger partial charge < -0.3 is 19.3 Å². The minimum Gasteiger partial charge on any atom is -0.461 e. The highest BCUT2D eigenvalue weighted by atomic mass is 35.5. The Kier molecular flexibility index (Phi) is 6.69. The summed E-state index contributed by atoms with van der Waals surface area (Å²) in [5.41, 5.74) is 3.60. The molecule has 3 aromatic rings. The van der Waals surface area contributed by atoms with Gasteiger partial charge in [0.1, 0.15) is 6.10 Å². The fourth-order valence-corrected chi connectivity index (χ4v) is 5.37. The molecule has 1 aliphatic heterocycles. The lowest BCUT2D eigenvalue weighted by atomic mass is 9.84. The first-order valence-corrected chi connectivity index (χ1v) is 12.3. The number of esters is 1. The summed E-state index contributed by atoms with van der Waals surface area (Å²) >= 11 is 6.12. The minimum atomic E-state index is -0.767. The Morgan fingerprint density at radius 3 is 2.29 bits per heavy atom. The van der Waals surface area contributed by atoms with Gasteiger partial charge in [-0.15, -0.1) is 0 Å². The maximum atomic E-state index is 12.9. The van der Waals surface area contributed by atoms with Crippen molar-refractivity contribution in [2.75, 3.05) is 6.61 Å². The maximum absolute atomic E-state index is 12.9. The molecule has 0 amide bonds. The predicted octanol–water partition coefficient (Wildman–Crippen LogP) is 5.85. The van der Waals surface area contributed by atoms with Crippen LogP contribution in [0.15, 0.2) is 78.9 Å². The molecule has 5 atom stereocenters. The van der Waals surface area contributed by atoms with Crippen molar-refractivity contribution in [3.05, 3.63) is 95.0 Å². The zero-order valence-electron chi connectivity index (χ0n) is 19.8. The average Bonchev–Trinajstić information content (AvgIpc) is 3.34. The van der Waals surface area contributed by atoms with Crippen LogP contribution in [0.4, 0.5) is 0 Å². The van der Waals surface area contributed by atoms with E-state index in [-0.39, 0.29) is 30.5 Å². The molecule has 0 spiro atoms. The number of aliphatic hydroxyl groups excluding tert-OH is 1. The van der Waals surface area contributed by atoms with Crippen LogP contribution in [-0.4, -0.2) is 41.8 Å². The summed E-state index contributed by atoms with van der Waals surface area (Å²) in [5, 5.41) is 11.3. The van der Waals surface area contributed by atoms with Crippen molar-refractivity contribution in [2.24, 2.45) is 5.92 Å². The van der Waals surface area contributed by atoms with Crippen molar-refractivity contribution < 1.29 is 24.1 Å². The second-order valence-corrected chi connectivity index (χ2v) is 10.2. The minimum absolute atomic E-state index is 0.0776. The molecule has 3 aromatic carbocycles. The second-order valence-electron chi connectivity index (χ2n) is 9.73. The van der Waals surface area contributed by atoms with E-state index < -0.39 is 18.0 Å². The molecule has 182 valence electrons. The molecule has 2 aliphatic rings. The lowest BCUT2D eigenvalue weighted by Gasteiger charge is -2.29. The van der Waals surface area contributed by atoms with Crippen LogP contribution in [0.3, 0.4) is 0 Å². The molecule has 1 saturated heterocycles. The van der Waals surface area contributed by atoms with E-state index in [0.29, 0.717) is 17.0 Å². The van der Waals surface area contributed by atoms with Crippen molar-refractivity contribution in [1.82, 2.24) is 0 Å². The zero-order valence-corrected chi connectivity index (χ0v) is 20.5. The molecular weight excluding hydrogens is 464 g/mol. The van der Waals surface area contributed by atoms with Crippen LogP contribution in [0.25, 0.3) is 11.1 Å². The molecular formula is C29H29ClO5. The van der Waals surface area contributed by atoms with Gasteiger partial charge in [-0.1, -0.05) is 66.2 Å². The van der Waals surface area contributed by atoms with Crippen LogP contribution in [-0.2, 0) is 14.2 Å². The summed E-state index contributed by atoms with van der Waals surface area (Å²) in [5.74, 6) is -1.41. The van der Waals surface area contributed by atoms with Gasteiger partial charge in [-0.25, -0.2) is 4.79 Å². The average molecular weight is 493 g/mol. The number of aliphatic hydroxyl groups is 1. The van der Waals surface area contributed by atoms with Crippen LogP contribution in [0.2, 0.25) is 5.02 Å². The highest BCUT2D eigenvalue weighted by molar-refractivity contribution is 6.30. The van der Waals surface area contributed by atoms with Gasteiger partial charge in [-0.2, -0.15) is 0 Å². The number of halogens is 1. The number of ether oxygens (including phenoxy) is 3. The summed E-state index contributed by atoms with van der Waals surface area (Å²) in [6, 6.07) is 25.0. The summed E-state index contributed by atoms with van der Waals surface area (Å²) < 4.78 is 18.0. The summed E-state index contributed by atoms with van der Waals surface area (Å²) in [6.45, 7) is 3.86. The smallest absolute Gasteiger partial charge is 0.338 e. The predicted molar refractivity (Wildman–Crippen MR) is 134 cm³/mol. The Morgan fingerprint density at radius 2 is 1.60 bits per heavy atom. The van der Waals surface area contributed by atoms with Gasteiger partial charge in [0.25, 0.3) is 0 Å². The van der Waals surface area contributed by atoms with E-state index in [1.807, 2.05) is 80.6 Å². The van der Waals surface area contributed by atoms with Crippen LogP contribution in [0.1, 0.15) is 42.1 Å². The third-order valence-electron chi connectivity index (χ3n) is 6.92. The molecule has 0 radical (unpaired) electrons. The quantitative estimate of drug-likeness (QED) is 0.437. The van der Waals surface area contributed by atoms with Crippen LogP contribution in [0, 0.1) is 5.92 Å². The van der Waals surface area contributed by atoms with E-state index in [2.05, 4.69) is 0 Å². The molecule has 1 unspecified atom stereocenters. The Balaban J connectivity index is 1.34. The zero-order chi connectivity index (χ0) is 24.6. The summed E-state index contributed by atoms with van der Waals surface area (Å²) in [6.07, 6.45) is -0.819. The molecule has 35 heavy (non-hydrogen) atoms. The van der Waals surface area contributed by atoms with Crippen molar-refractivity contribution in [3.63, 3.8) is 0 Å². The van der Waals surface area contributed by atoms with E-state index in [4.69, 9.17) is 25.8 Å². The highest BCUT2D eigenvalue weighted by Crippen LogP contribution is 2.47. The number of rotatable bonds is 6. The standard InChI is InChI=1S/C29H29ClO5/c1-29(2)34-26-23(16-25(31)27(26)35-29)24(20-12-14-22(30)15-13-20)17-33-28(32)21-10-8-19(9-11-21)18-6-4-3-5-7-18/h3-15,23-27,31H,16-17H2,1-2H3/t23-,24?,25+,26-,27+/m1/s1. The van der Waals surface area contributed by atoms with Gasteiger partial charge in [0.15, 0.2) is 5.79 Å². The van der Waals surface area contributed by atoms with E-state index in [1.165, 1.54) is 0 Å². The number of hydrogen-bond donors (Lipinski definition) is 1. The third-order valence-corrected chi connectivity index (χ3v) is 7.17. The van der Waals surface area contributed by atoms with Gasteiger partial charge in [-0.05, 0) is 61.2 Å². The SMILES string of the molecule is CC1(C)O[C@@H]2[C@H](O1)[C@@H](C(COC(=O)c1ccc(-c3ccccc3)cc1)c1ccc(Cl)cc1)C[C@@H]2O. The monoisotopic (exact) mass is 492 g/mol. The number of carbonyl (C=O) groups excluding carboxylic acids is 1. The van der Waals surface area contributed by atoms with Crippen molar-refractivity contribution in [3.8, 4) is 11.1 Å². The normalized spacial score (nSPS) is 25.7. The number of hydrogen-bond acceptors (Lipinski definition) is 5. The fraction of sp³-hybridized carbons (Fsp3) is 0.345. The molecule has 1 N–H and O–H groups in total. The van der Waals surface area contributed by atoms with Gasteiger partial charge in [-0.3, -0.25) is 0 Å². The van der Waals surface area contributed by atoms with E-state index >= 15 is 0 Å². The molecule has 1 saturated carbocycles. The Hall–Kier alpha value is -2.70. The van der Waals surface area contributed by atoms with Gasteiger partial charge in [0.2, 0.25) is 0 Å². The number of fused-ring (bicyclic) bond motifs is 1. The summed E-state index contributed by atoms with van der Waals surface area (Å²) in [7, 11) is 0. The molecule has 2 fully saturated rings. The van der Waals surface area contributed by atoms with Crippen LogP contribution >= 0.6 is 11.6 Å². The van der Waals surface area contributed by atoms with E-state index in [0.717, 1.165) is 16.7 Å². The van der Waals surface area contributed by atoms with Crippen LogP contribution in [0.5, 0.6) is 0 Å². The molecule has 6 heteroatoms.